The molecule has 5 nitrogen and oxygen atoms in total. The van der Waals surface area contributed by atoms with Gasteiger partial charge in [0.25, 0.3) is 0 Å². The summed E-state index contributed by atoms with van der Waals surface area (Å²) in [6.07, 6.45) is 0. The van der Waals surface area contributed by atoms with Crippen molar-refractivity contribution in [1.29, 1.82) is 0 Å². The Hall–Kier alpha value is -1.30. The molecule has 20 heavy (non-hydrogen) atoms. The minimum absolute atomic E-state index is 0.324. The van der Waals surface area contributed by atoms with Gasteiger partial charge in [-0.1, -0.05) is 42.1 Å². The van der Waals surface area contributed by atoms with Gasteiger partial charge in [0.1, 0.15) is 0 Å². The molecule has 0 aliphatic rings. The van der Waals surface area contributed by atoms with Crippen LogP contribution in [-0.4, -0.2) is 16.7 Å². The first kappa shape index (κ1) is 15.1. The van der Waals surface area contributed by atoms with E-state index in [4.69, 9.17) is 27.6 Å². The first-order valence-electron chi connectivity index (χ1n) is 6.30. The van der Waals surface area contributed by atoms with Crippen LogP contribution in [0.3, 0.4) is 0 Å². The van der Waals surface area contributed by atoms with Gasteiger partial charge in [-0.15, -0.1) is 5.10 Å². The number of aromatic nitrogens is 2. The second-order valence-corrected chi connectivity index (χ2v) is 5.59. The lowest BCUT2D eigenvalue weighted by atomic mass is 10.2. The summed E-state index contributed by atoms with van der Waals surface area (Å²) in [6, 6.07) is 5.51. The highest BCUT2D eigenvalue weighted by molar-refractivity contribution is 6.42. The zero-order valence-electron chi connectivity index (χ0n) is 11.3. The fourth-order valence-electron chi connectivity index (χ4n) is 1.54. The highest BCUT2D eigenvalue weighted by Gasteiger charge is 2.07. The molecule has 0 spiro atoms. The number of anilines is 2. The lowest BCUT2D eigenvalue weighted by molar-refractivity contribution is 0.460. The number of rotatable bonds is 6. The van der Waals surface area contributed by atoms with Crippen LogP contribution >= 0.6 is 23.2 Å². The molecule has 1 aromatic heterocycles. The van der Waals surface area contributed by atoms with Crippen molar-refractivity contribution in [1.82, 2.24) is 15.5 Å². The fourth-order valence-corrected chi connectivity index (χ4v) is 1.84. The smallest absolute Gasteiger partial charge is 0.320 e. The Bertz CT molecular complexity index is 571. The maximum atomic E-state index is 5.93. The van der Waals surface area contributed by atoms with Gasteiger partial charge in [-0.25, -0.2) is 0 Å². The first-order valence-corrected chi connectivity index (χ1v) is 7.05. The topological polar surface area (TPSA) is 63.0 Å². The summed E-state index contributed by atoms with van der Waals surface area (Å²) < 4.78 is 5.47. The van der Waals surface area contributed by atoms with Crippen LogP contribution in [0.15, 0.2) is 22.6 Å². The van der Waals surface area contributed by atoms with E-state index < -0.39 is 0 Å². The molecule has 108 valence electrons. The third kappa shape index (κ3) is 4.37. The number of hydrogen-bond donors (Lipinski definition) is 2. The second kappa shape index (κ2) is 6.92. The summed E-state index contributed by atoms with van der Waals surface area (Å²) in [5.41, 5.74) is 0.740. The quantitative estimate of drug-likeness (QED) is 0.847. The van der Waals surface area contributed by atoms with E-state index in [1.165, 1.54) is 0 Å². The molecular weight excluding hydrogens is 299 g/mol. The van der Waals surface area contributed by atoms with Crippen LogP contribution in [0.2, 0.25) is 10.0 Å². The maximum Gasteiger partial charge on any atom is 0.320 e. The molecule has 0 saturated heterocycles. The van der Waals surface area contributed by atoms with Crippen molar-refractivity contribution < 1.29 is 4.42 Å². The van der Waals surface area contributed by atoms with Gasteiger partial charge in [-0.3, -0.25) is 0 Å². The van der Waals surface area contributed by atoms with Crippen LogP contribution in [0.5, 0.6) is 0 Å². The van der Waals surface area contributed by atoms with Crippen molar-refractivity contribution in [2.75, 3.05) is 11.9 Å². The van der Waals surface area contributed by atoms with E-state index in [0.717, 1.165) is 12.2 Å². The monoisotopic (exact) mass is 314 g/mol. The molecule has 0 atom stereocenters. The minimum Gasteiger partial charge on any atom is -0.406 e. The molecule has 1 heterocycles. The van der Waals surface area contributed by atoms with Crippen LogP contribution < -0.4 is 10.6 Å². The Balaban J connectivity index is 1.93. The first-order chi connectivity index (χ1) is 9.54. The molecule has 0 saturated carbocycles. The molecule has 0 aliphatic heterocycles. The summed E-state index contributed by atoms with van der Waals surface area (Å²) in [5.74, 6) is 1.11. The Labute approximate surface area is 127 Å². The summed E-state index contributed by atoms with van der Waals surface area (Å²) in [7, 11) is 0. The van der Waals surface area contributed by atoms with E-state index in [2.05, 4.69) is 34.7 Å². The minimum atomic E-state index is 0.324. The van der Waals surface area contributed by atoms with Crippen molar-refractivity contribution in [3.8, 4) is 0 Å². The molecule has 0 fully saturated rings. The molecule has 7 heteroatoms. The van der Waals surface area contributed by atoms with E-state index in [1.807, 2.05) is 0 Å². The predicted octanol–water partition coefficient (Wildman–Crippen LogP) is 3.87. The lowest BCUT2D eigenvalue weighted by Crippen LogP contribution is -2.19. The van der Waals surface area contributed by atoms with E-state index in [9.17, 15) is 0 Å². The average Bonchev–Trinajstić information content (AvgIpc) is 2.81. The SMILES string of the molecule is CC(C)CNCc1nnc(Nc2ccc(Cl)c(Cl)c2)o1. The number of nitrogens with zero attached hydrogens (tertiary/aromatic N) is 2. The number of nitrogens with one attached hydrogen (secondary N) is 2. The summed E-state index contributed by atoms with van der Waals surface area (Å²) in [5, 5.41) is 15.0. The van der Waals surface area contributed by atoms with Crippen LogP contribution in [0.1, 0.15) is 19.7 Å². The number of halogens is 2. The Morgan fingerprint density at radius 2 is 2.00 bits per heavy atom. The Morgan fingerprint density at radius 3 is 2.70 bits per heavy atom. The van der Waals surface area contributed by atoms with E-state index in [-0.39, 0.29) is 0 Å². The molecule has 0 unspecified atom stereocenters. The zero-order valence-corrected chi connectivity index (χ0v) is 12.8. The third-order valence-corrected chi connectivity index (χ3v) is 3.21. The Kier molecular flexibility index (Phi) is 5.23. The molecule has 1 aromatic carbocycles. The van der Waals surface area contributed by atoms with Crippen LogP contribution in [0, 0.1) is 5.92 Å². The Morgan fingerprint density at radius 1 is 1.20 bits per heavy atom. The largest absolute Gasteiger partial charge is 0.406 e. The summed E-state index contributed by atoms with van der Waals surface area (Å²) in [6.45, 7) is 5.72. The van der Waals surface area contributed by atoms with Gasteiger partial charge in [0.2, 0.25) is 5.89 Å². The molecule has 2 aromatic rings. The van der Waals surface area contributed by atoms with Crippen LogP contribution in [-0.2, 0) is 6.54 Å². The molecule has 0 bridgehead atoms. The van der Waals surface area contributed by atoms with Gasteiger partial charge in [0.05, 0.1) is 16.6 Å². The van der Waals surface area contributed by atoms with Gasteiger partial charge < -0.3 is 15.1 Å². The summed E-state index contributed by atoms with van der Waals surface area (Å²) in [4.78, 5) is 0. The summed E-state index contributed by atoms with van der Waals surface area (Å²) >= 11 is 11.8. The molecule has 2 N–H and O–H groups in total. The second-order valence-electron chi connectivity index (χ2n) is 4.78. The standard InChI is InChI=1S/C13H16Cl2N4O/c1-8(2)6-16-7-12-18-19-13(20-12)17-9-3-4-10(14)11(15)5-9/h3-5,8,16H,6-7H2,1-2H3,(H,17,19). The normalized spacial score (nSPS) is 11.1. The van der Waals surface area contributed by atoms with E-state index in [0.29, 0.717) is 34.4 Å². The van der Waals surface area contributed by atoms with Crippen molar-refractivity contribution in [3.63, 3.8) is 0 Å². The van der Waals surface area contributed by atoms with E-state index in [1.54, 1.807) is 18.2 Å². The lowest BCUT2D eigenvalue weighted by Gasteiger charge is -2.04. The molecule has 0 amide bonds. The maximum absolute atomic E-state index is 5.93. The van der Waals surface area contributed by atoms with Crippen LogP contribution in [0.4, 0.5) is 11.7 Å². The van der Waals surface area contributed by atoms with Gasteiger partial charge in [0, 0.05) is 5.69 Å². The van der Waals surface area contributed by atoms with Crippen molar-refractivity contribution >= 4 is 34.9 Å². The van der Waals surface area contributed by atoms with Gasteiger partial charge >= 0.3 is 6.01 Å². The van der Waals surface area contributed by atoms with Crippen molar-refractivity contribution in [2.45, 2.75) is 20.4 Å². The number of benzene rings is 1. The van der Waals surface area contributed by atoms with E-state index >= 15 is 0 Å². The zero-order chi connectivity index (χ0) is 14.5. The molecule has 0 radical (unpaired) electrons. The highest BCUT2D eigenvalue weighted by Crippen LogP contribution is 2.26. The molecule has 0 aliphatic carbocycles. The highest BCUT2D eigenvalue weighted by atomic mass is 35.5. The van der Waals surface area contributed by atoms with Crippen molar-refractivity contribution in [2.24, 2.45) is 5.92 Å². The third-order valence-electron chi connectivity index (χ3n) is 2.47. The van der Waals surface area contributed by atoms with Gasteiger partial charge in [-0.05, 0) is 30.7 Å². The average molecular weight is 315 g/mol. The molecule has 2 rings (SSSR count). The predicted molar refractivity (Wildman–Crippen MR) is 80.6 cm³/mol. The fraction of sp³-hybridized carbons (Fsp3) is 0.385. The van der Waals surface area contributed by atoms with Crippen LogP contribution in [0.25, 0.3) is 0 Å². The van der Waals surface area contributed by atoms with Gasteiger partial charge in [0.15, 0.2) is 0 Å². The van der Waals surface area contributed by atoms with Gasteiger partial charge in [-0.2, -0.15) is 0 Å². The number of hydrogen-bond acceptors (Lipinski definition) is 5. The molecular formula is C13H16Cl2N4O. The van der Waals surface area contributed by atoms with Crippen molar-refractivity contribution in [3.05, 3.63) is 34.1 Å².